The van der Waals surface area contributed by atoms with Crippen molar-refractivity contribution in [2.75, 3.05) is 6.54 Å². The molecule has 4 fully saturated rings. The van der Waals surface area contributed by atoms with E-state index >= 15 is 0 Å². The van der Waals surface area contributed by atoms with Crippen LogP contribution in [0, 0.1) is 12.8 Å². The van der Waals surface area contributed by atoms with Crippen molar-refractivity contribution in [2.45, 2.75) is 132 Å². The van der Waals surface area contributed by atoms with Crippen molar-refractivity contribution in [1.82, 2.24) is 30.2 Å². The van der Waals surface area contributed by atoms with E-state index in [0.717, 1.165) is 37.0 Å². The molecule has 1 saturated heterocycles. The predicted molar refractivity (Wildman–Crippen MR) is 226 cm³/mol. The maximum absolute atomic E-state index is 14.8. The van der Waals surface area contributed by atoms with Gasteiger partial charge in [0.05, 0.1) is 17.4 Å². The topological polar surface area (TPSA) is 199 Å². The first kappa shape index (κ1) is 43.5. The summed E-state index contributed by atoms with van der Waals surface area (Å²) in [5.41, 5.74) is -0.412. The number of nitrogens with one attached hydrogen (secondary N) is 3. The second-order valence-corrected chi connectivity index (χ2v) is 19.7. The standard InChI is InChI=1S/C45H49F3N6O9S/c1-25-13-20-32-35(21-25)63-37-36(32)50-38(26-14-16-27(17-15-26)45(46,47)48)51-40(37)61-30-22-34-39(55)52-44(42(57)53-64(59,60)31-18-19-31)23-28(44)9-5-3-2-4-6-12-33(41(56)54(34)24-30)49-43(58)62-29-10-7-8-11-29/h5,9,13-17,20-21,28-31,33-34H,2-4,6-8,10-12,18-19,22-24H2,1H3,(H,49,58)(H,52,55)(H,53,57)/b9-5-/t28-,30-,33+,34+,44-/m1/s1. The Labute approximate surface area is 366 Å². The summed E-state index contributed by atoms with van der Waals surface area (Å²) >= 11 is 0. The minimum absolute atomic E-state index is 0.0353. The van der Waals surface area contributed by atoms with Crippen molar-refractivity contribution >= 4 is 55.9 Å². The third-order valence-electron chi connectivity index (χ3n) is 12.9. The zero-order valence-electron chi connectivity index (χ0n) is 35.1. The fraction of sp³-hybridized carbons (Fsp3) is 0.511. The zero-order chi connectivity index (χ0) is 45.0. The van der Waals surface area contributed by atoms with Crippen molar-refractivity contribution < 1.29 is 54.7 Å². The third kappa shape index (κ3) is 8.99. The number of alkyl carbamates (subject to hydrolysis) is 1. The van der Waals surface area contributed by atoms with Gasteiger partial charge in [-0.05, 0) is 101 Å². The lowest BCUT2D eigenvalue weighted by atomic mass is 10.0. The summed E-state index contributed by atoms with van der Waals surface area (Å²) in [4.78, 5) is 67.2. The van der Waals surface area contributed by atoms with E-state index in [0.29, 0.717) is 61.4 Å². The average molecular weight is 907 g/mol. The number of furan rings is 1. The molecule has 3 N–H and O–H groups in total. The highest BCUT2D eigenvalue weighted by molar-refractivity contribution is 7.91. The van der Waals surface area contributed by atoms with Gasteiger partial charge in [0.15, 0.2) is 5.82 Å². The van der Waals surface area contributed by atoms with E-state index in [-0.39, 0.29) is 54.8 Å². The SMILES string of the molecule is Cc1ccc2c(c1)oc1c(O[C@@H]3C[C@H]4C(=O)N[C@]5(C(=O)NS(=O)(=O)C6CC6)C[C@H]5/C=C\CCCCC[C@H](NC(=O)OC5CCCC5)C(=O)N4C3)nc(-c3ccc(C(F)(F)F)cc3)nc12. The van der Waals surface area contributed by atoms with Crippen LogP contribution < -0.4 is 20.1 Å². The van der Waals surface area contributed by atoms with Crippen LogP contribution in [-0.2, 0) is 35.3 Å². The minimum Gasteiger partial charge on any atom is -0.470 e. The van der Waals surface area contributed by atoms with Gasteiger partial charge in [-0.25, -0.2) is 18.2 Å². The van der Waals surface area contributed by atoms with Crippen LogP contribution in [0.2, 0.25) is 0 Å². The molecule has 4 aromatic rings. The van der Waals surface area contributed by atoms with Crippen LogP contribution in [0.4, 0.5) is 18.0 Å². The lowest BCUT2D eigenvalue weighted by Crippen LogP contribution is -2.58. The fourth-order valence-electron chi connectivity index (χ4n) is 9.08. The van der Waals surface area contributed by atoms with Crippen LogP contribution in [0.1, 0.15) is 94.6 Å². The normalized spacial score (nSPS) is 26.3. The Morgan fingerprint density at radius 2 is 1.70 bits per heavy atom. The van der Waals surface area contributed by atoms with Crippen LogP contribution in [0.3, 0.4) is 0 Å². The molecular weight excluding hydrogens is 858 g/mol. The Bertz CT molecular complexity index is 2630. The molecule has 9 rings (SSSR count). The summed E-state index contributed by atoms with van der Waals surface area (Å²) in [6.07, 6.45) is 4.22. The molecule has 15 nitrogen and oxygen atoms in total. The highest BCUT2D eigenvalue weighted by atomic mass is 32.2. The maximum atomic E-state index is 14.8. The lowest BCUT2D eigenvalue weighted by molar-refractivity contribution is -0.141. The molecule has 2 aliphatic heterocycles. The number of alkyl halides is 3. The molecule has 5 atom stereocenters. The maximum Gasteiger partial charge on any atom is 0.416 e. The molecule has 19 heteroatoms. The number of rotatable bonds is 8. The Balaban J connectivity index is 1.06. The van der Waals surface area contributed by atoms with Gasteiger partial charge in [-0.15, -0.1) is 0 Å². The summed E-state index contributed by atoms with van der Waals surface area (Å²) < 4.78 is 87.1. The van der Waals surface area contributed by atoms with Crippen LogP contribution in [0.5, 0.6) is 5.88 Å². The van der Waals surface area contributed by atoms with Crippen molar-refractivity contribution in [3.63, 3.8) is 0 Å². The highest BCUT2D eigenvalue weighted by Gasteiger charge is 2.62. The molecule has 340 valence electrons. The number of carbonyl (C=O) groups excluding carboxylic acids is 4. The van der Waals surface area contributed by atoms with Crippen molar-refractivity contribution in [3.8, 4) is 17.3 Å². The Morgan fingerprint density at radius 3 is 2.44 bits per heavy atom. The number of carbonyl (C=O) groups is 4. The molecule has 4 amide bonds. The number of sulfonamides is 1. The van der Waals surface area contributed by atoms with E-state index in [1.807, 2.05) is 25.1 Å². The van der Waals surface area contributed by atoms with Gasteiger partial charge in [0.2, 0.25) is 27.4 Å². The van der Waals surface area contributed by atoms with E-state index in [4.69, 9.17) is 18.9 Å². The average Bonchev–Trinajstić information content (AvgIpc) is 4.06. The van der Waals surface area contributed by atoms with Gasteiger partial charge in [0, 0.05) is 23.3 Å². The molecule has 0 unspecified atom stereocenters. The number of aromatic nitrogens is 2. The molecule has 5 aliphatic rings. The van der Waals surface area contributed by atoms with Crippen molar-refractivity contribution in [1.29, 1.82) is 0 Å². The first-order valence-corrected chi connectivity index (χ1v) is 23.5. The second kappa shape index (κ2) is 17.0. The number of benzene rings is 2. The van der Waals surface area contributed by atoms with Crippen LogP contribution in [0.15, 0.2) is 59.0 Å². The van der Waals surface area contributed by atoms with Gasteiger partial charge in [-0.1, -0.05) is 43.2 Å². The molecule has 0 spiro atoms. The number of amides is 4. The largest absolute Gasteiger partial charge is 0.470 e. The molecule has 3 aliphatic carbocycles. The van der Waals surface area contributed by atoms with Crippen molar-refractivity contribution in [3.05, 3.63) is 65.7 Å². The second-order valence-electron chi connectivity index (χ2n) is 17.7. The van der Waals surface area contributed by atoms with E-state index < -0.39 is 80.5 Å². The fourth-order valence-corrected chi connectivity index (χ4v) is 10.4. The molecule has 2 aromatic carbocycles. The van der Waals surface area contributed by atoms with Gasteiger partial charge in [-0.2, -0.15) is 18.2 Å². The first-order valence-electron chi connectivity index (χ1n) is 22.0. The summed E-state index contributed by atoms with van der Waals surface area (Å²) in [5.74, 6) is -2.73. The quantitative estimate of drug-likeness (QED) is 0.158. The number of halogens is 3. The number of hydrogen-bond acceptors (Lipinski definition) is 11. The number of nitrogens with zero attached hydrogens (tertiary/aromatic N) is 3. The molecule has 0 bridgehead atoms. The lowest BCUT2D eigenvalue weighted by Gasteiger charge is -2.30. The monoisotopic (exact) mass is 906 g/mol. The summed E-state index contributed by atoms with van der Waals surface area (Å²) in [6.45, 7) is 1.69. The number of hydrogen-bond donors (Lipinski definition) is 3. The minimum atomic E-state index is -4.57. The molecule has 64 heavy (non-hydrogen) atoms. The highest BCUT2D eigenvalue weighted by Crippen LogP contribution is 2.46. The van der Waals surface area contributed by atoms with Crippen LogP contribution >= 0.6 is 0 Å². The molecule has 0 radical (unpaired) electrons. The van der Waals surface area contributed by atoms with E-state index in [1.54, 1.807) is 12.1 Å². The molecule has 3 saturated carbocycles. The van der Waals surface area contributed by atoms with E-state index in [1.165, 1.54) is 17.0 Å². The summed E-state index contributed by atoms with van der Waals surface area (Å²) in [7, 11) is -3.97. The molecular formula is C45H49F3N6O9S. The van der Waals surface area contributed by atoms with Gasteiger partial charge in [0.1, 0.15) is 40.9 Å². The number of fused-ring (bicyclic) bond motifs is 5. The van der Waals surface area contributed by atoms with Gasteiger partial charge < -0.3 is 29.4 Å². The Kier molecular flexibility index (Phi) is 11.6. The predicted octanol–water partition coefficient (Wildman–Crippen LogP) is 6.76. The van der Waals surface area contributed by atoms with Gasteiger partial charge in [-0.3, -0.25) is 19.1 Å². The van der Waals surface area contributed by atoms with E-state index in [9.17, 15) is 40.8 Å². The summed E-state index contributed by atoms with van der Waals surface area (Å²) in [5, 5.41) is 5.52. The van der Waals surface area contributed by atoms with Gasteiger partial charge in [0.25, 0.3) is 11.8 Å². The summed E-state index contributed by atoms with van der Waals surface area (Å²) in [6, 6.07) is 7.45. The van der Waals surface area contributed by atoms with E-state index in [2.05, 4.69) is 20.3 Å². The zero-order valence-corrected chi connectivity index (χ0v) is 35.9. The first-order chi connectivity index (χ1) is 30.6. The molecule has 4 heterocycles. The smallest absolute Gasteiger partial charge is 0.416 e. The van der Waals surface area contributed by atoms with Crippen molar-refractivity contribution in [2.24, 2.45) is 5.92 Å². The van der Waals surface area contributed by atoms with Gasteiger partial charge >= 0.3 is 12.3 Å². The molecule has 2 aromatic heterocycles. The Hall–Kier alpha value is -5.72. The number of allylic oxidation sites excluding steroid dienone is 1. The van der Waals surface area contributed by atoms with Crippen LogP contribution in [0.25, 0.3) is 33.5 Å². The third-order valence-corrected chi connectivity index (χ3v) is 14.7. The Morgan fingerprint density at radius 1 is 0.953 bits per heavy atom. The van der Waals surface area contributed by atoms with Crippen LogP contribution in [-0.4, -0.2) is 88.7 Å². The number of ether oxygens (including phenoxy) is 2. The number of aryl methyl sites for hydroxylation is 1.